The van der Waals surface area contributed by atoms with Crippen molar-refractivity contribution in [1.29, 1.82) is 0 Å². The van der Waals surface area contributed by atoms with Crippen molar-refractivity contribution in [1.82, 2.24) is 4.98 Å². The molecule has 1 rings (SSSR count). The molecule has 4 heteroatoms. The average Bonchev–Trinajstić information content (AvgIpc) is 2.62. The summed E-state index contributed by atoms with van der Waals surface area (Å²) in [5.74, 6) is -0.515. The maximum absolute atomic E-state index is 11.3. The number of nitrogens with one attached hydrogen (secondary N) is 1. The molecule has 4 nitrogen and oxygen atoms in total. The Morgan fingerprint density at radius 1 is 1.36 bits per heavy atom. The first-order valence-electron chi connectivity index (χ1n) is 4.52. The first-order chi connectivity index (χ1) is 6.65. The molecular formula is C10H13NO3. The average molecular weight is 195 g/mol. The van der Waals surface area contributed by atoms with Crippen LogP contribution in [0.3, 0.4) is 0 Å². The predicted molar refractivity (Wildman–Crippen MR) is 51.4 cm³/mol. The maximum Gasteiger partial charge on any atom is 0.354 e. The number of carbonyl (C=O) groups excluding carboxylic acids is 2. The van der Waals surface area contributed by atoms with Crippen molar-refractivity contribution in [3.05, 3.63) is 23.5 Å². The van der Waals surface area contributed by atoms with Crippen LogP contribution < -0.4 is 0 Å². The van der Waals surface area contributed by atoms with Crippen molar-refractivity contribution in [3.63, 3.8) is 0 Å². The van der Waals surface area contributed by atoms with E-state index in [2.05, 4.69) is 4.98 Å². The summed E-state index contributed by atoms with van der Waals surface area (Å²) in [7, 11) is 0. The maximum atomic E-state index is 11.3. The summed E-state index contributed by atoms with van der Waals surface area (Å²) >= 11 is 0. The monoisotopic (exact) mass is 195 g/mol. The van der Waals surface area contributed by atoms with Gasteiger partial charge in [-0.05, 0) is 18.6 Å². The number of rotatable bonds is 4. The van der Waals surface area contributed by atoms with Crippen LogP contribution in [0, 0.1) is 0 Å². The van der Waals surface area contributed by atoms with E-state index in [1.807, 2.05) is 6.92 Å². The molecular weight excluding hydrogens is 182 g/mol. The number of ketones is 1. The van der Waals surface area contributed by atoms with Crippen LogP contribution in [-0.4, -0.2) is 23.3 Å². The number of aromatic amines is 1. The minimum absolute atomic E-state index is 0.0976. The number of ether oxygens (including phenoxy) is 1. The molecule has 1 heterocycles. The minimum atomic E-state index is -0.417. The number of aromatic nitrogens is 1. The summed E-state index contributed by atoms with van der Waals surface area (Å²) < 4.78 is 4.89. The Labute approximate surface area is 82.3 Å². The van der Waals surface area contributed by atoms with E-state index in [4.69, 9.17) is 4.74 Å². The number of hydrogen-bond acceptors (Lipinski definition) is 3. The lowest BCUT2D eigenvalue weighted by atomic mass is 10.3. The van der Waals surface area contributed by atoms with Crippen LogP contribution in [0.2, 0.25) is 0 Å². The molecule has 0 aromatic carbocycles. The second-order valence-electron chi connectivity index (χ2n) is 2.98. The van der Waals surface area contributed by atoms with E-state index in [-0.39, 0.29) is 5.78 Å². The Morgan fingerprint density at radius 2 is 2.00 bits per heavy atom. The first-order valence-corrected chi connectivity index (χ1v) is 4.52. The van der Waals surface area contributed by atoms with Crippen molar-refractivity contribution in [2.45, 2.75) is 20.3 Å². The van der Waals surface area contributed by atoms with Gasteiger partial charge in [-0.25, -0.2) is 4.79 Å². The Kier molecular flexibility index (Phi) is 3.45. The third-order valence-corrected chi connectivity index (χ3v) is 1.72. The summed E-state index contributed by atoms with van der Waals surface area (Å²) in [4.78, 5) is 24.9. The van der Waals surface area contributed by atoms with E-state index >= 15 is 0 Å². The van der Waals surface area contributed by atoms with E-state index in [0.29, 0.717) is 18.0 Å². The fourth-order valence-electron chi connectivity index (χ4n) is 0.992. The third-order valence-electron chi connectivity index (χ3n) is 1.72. The highest BCUT2D eigenvalue weighted by atomic mass is 16.5. The summed E-state index contributed by atoms with van der Waals surface area (Å²) in [6, 6.07) is 3.12. The van der Waals surface area contributed by atoms with Gasteiger partial charge in [0.2, 0.25) is 0 Å². The quantitative estimate of drug-likeness (QED) is 0.588. The molecule has 0 aliphatic heterocycles. The highest BCUT2D eigenvalue weighted by molar-refractivity contribution is 5.95. The molecule has 0 saturated heterocycles. The van der Waals surface area contributed by atoms with E-state index in [0.717, 1.165) is 6.42 Å². The van der Waals surface area contributed by atoms with Crippen LogP contribution in [0.1, 0.15) is 41.2 Å². The summed E-state index contributed by atoms with van der Waals surface area (Å²) in [6.07, 6.45) is 0.784. The Hall–Kier alpha value is -1.58. The highest BCUT2D eigenvalue weighted by Gasteiger charge is 2.10. The van der Waals surface area contributed by atoms with E-state index in [1.54, 1.807) is 12.1 Å². The molecule has 76 valence electrons. The highest BCUT2D eigenvalue weighted by Crippen LogP contribution is 2.04. The fourth-order valence-corrected chi connectivity index (χ4v) is 0.992. The van der Waals surface area contributed by atoms with Crippen LogP contribution in [0.4, 0.5) is 0 Å². The van der Waals surface area contributed by atoms with Gasteiger partial charge in [-0.15, -0.1) is 0 Å². The molecule has 0 amide bonds. The van der Waals surface area contributed by atoms with Crippen molar-refractivity contribution in [2.75, 3.05) is 6.61 Å². The zero-order chi connectivity index (χ0) is 10.6. The molecule has 0 aliphatic carbocycles. The van der Waals surface area contributed by atoms with Crippen LogP contribution >= 0.6 is 0 Å². The van der Waals surface area contributed by atoms with Crippen molar-refractivity contribution in [2.24, 2.45) is 0 Å². The van der Waals surface area contributed by atoms with Gasteiger partial charge >= 0.3 is 5.97 Å². The Balaban J connectivity index is 2.66. The number of hydrogen-bond donors (Lipinski definition) is 1. The van der Waals surface area contributed by atoms with Gasteiger partial charge in [-0.1, -0.05) is 6.92 Å². The zero-order valence-electron chi connectivity index (χ0n) is 8.29. The molecule has 0 radical (unpaired) electrons. The standard InChI is InChI=1S/C10H13NO3/c1-3-6-14-10(13)9-5-4-8(11-9)7(2)12/h4-5,11H,3,6H2,1-2H3. The minimum Gasteiger partial charge on any atom is -0.461 e. The number of carbonyl (C=O) groups is 2. The van der Waals surface area contributed by atoms with Gasteiger partial charge in [-0.3, -0.25) is 4.79 Å². The molecule has 14 heavy (non-hydrogen) atoms. The van der Waals surface area contributed by atoms with Crippen LogP contribution in [0.25, 0.3) is 0 Å². The lowest BCUT2D eigenvalue weighted by Crippen LogP contribution is -2.06. The number of Topliss-reactive ketones (excluding diaryl/α,β-unsaturated/α-hetero) is 1. The molecule has 0 atom stereocenters. The van der Waals surface area contributed by atoms with E-state index in [9.17, 15) is 9.59 Å². The molecule has 0 bridgehead atoms. The fraction of sp³-hybridized carbons (Fsp3) is 0.400. The van der Waals surface area contributed by atoms with Gasteiger partial charge in [0.05, 0.1) is 12.3 Å². The normalized spacial score (nSPS) is 9.86. The smallest absolute Gasteiger partial charge is 0.354 e. The Bertz CT molecular complexity index is 341. The zero-order valence-corrected chi connectivity index (χ0v) is 8.29. The van der Waals surface area contributed by atoms with Gasteiger partial charge in [0.15, 0.2) is 5.78 Å². The van der Waals surface area contributed by atoms with Crippen LogP contribution in [-0.2, 0) is 4.74 Å². The van der Waals surface area contributed by atoms with Crippen LogP contribution in [0.15, 0.2) is 12.1 Å². The van der Waals surface area contributed by atoms with Gasteiger partial charge < -0.3 is 9.72 Å². The van der Waals surface area contributed by atoms with Gasteiger partial charge in [0.25, 0.3) is 0 Å². The van der Waals surface area contributed by atoms with Crippen molar-refractivity contribution >= 4 is 11.8 Å². The molecule has 0 spiro atoms. The Morgan fingerprint density at radius 3 is 2.50 bits per heavy atom. The second kappa shape index (κ2) is 4.60. The predicted octanol–water partition coefficient (Wildman–Crippen LogP) is 1.78. The molecule has 1 N–H and O–H groups in total. The molecule has 0 fully saturated rings. The largest absolute Gasteiger partial charge is 0.461 e. The SMILES string of the molecule is CCCOC(=O)c1ccc(C(C)=O)[nH]1. The lowest BCUT2D eigenvalue weighted by Gasteiger charge is -1.99. The second-order valence-corrected chi connectivity index (χ2v) is 2.98. The summed E-state index contributed by atoms with van der Waals surface area (Å²) in [6.45, 7) is 3.75. The summed E-state index contributed by atoms with van der Waals surface area (Å²) in [5, 5.41) is 0. The van der Waals surface area contributed by atoms with Gasteiger partial charge in [-0.2, -0.15) is 0 Å². The molecule has 0 aliphatic rings. The van der Waals surface area contributed by atoms with Crippen LogP contribution in [0.5, 0.6) is 0 Å². The van der Waals surface area contributed by atoms with Gasteiger partial charge in [0.1, 0.15) is 5.69 Å². The van der Waals surface area contributed by atoms with E-state index in [1.165, 1.54) is 6.92 Å². The van der Waals surface area contributed by atoms with Gasteiger partial charge in [0, 0.05) is 6.92 Å². The third kappa shape index (κ3) is 2.45. The summed E-state index contributed by atoms with van der Waals surface area (Å²) in [5.41, 5.74) is 0.747. The molecule has 1 aromatic heterocycles. The molecule has 1 aromatic rings. The lowest BCUT2D eigenvalue weighted by molar-refractivity contribution is 0.0499. The topological polar surface area (TPSA) is 59.2 Å². The number of H-pyrrole nitrogens is 1. The van der Waals surface area contributed by atoms with Crippen molar-refractivity contribution < 1.29 is 14.3 Å². The first kappa shape index (κ1) is 10.5. The number of esters is 1. The molecule has 0 unspecified atom stereocenters. The van der Waals surface area contributed by atoms with E-state index < -0.39 is 5.97 Å². The van der Waals surface area contributed by atoms with Crippen molar-refractivity contribution in [3.8, 4) is 0 Å². The molecule has 0 saturated carbocycles.